The van der Waals surface area contributed by atoms with E-state index in [0.717, 1.165) is 17.4 Å². The van der Waals surface area contributed by atoms with Gasteiger partial charge < -0.3 is 5.11 Å². The molecule has 2 aromatic rings. The summed E-state index contributed by atoms with van der Waals surface area (Å²) in [5.41, 5.74) is 2.94. The molecule has 0 fully saturated rings. The Morgan fingerprint density at radius 3 is 2.71 bits per heavy atom. The quantitative estimate of drug-likeness (QED) is 0.818. The van der Waals surface area contributed by atoms with Gasteiger partial charge in [-0.3, -0.25) is 4.79 Å². The van der Waals surface area contributed by atoms with E-state index in [4.69, 9.17) is 11.6 Å². The molecular formula is C14H11ClO2. The van der Waals surface area contributed by atoms with Crippen molar-refractivity contribution in [2.24, 2.45) is 0 Å². The van der Waals surface area contributed by atoms with Crippen LogP contribution < -0.4 is 0 Å². The summed E-state index contributed by atoms with van der Waals surface area (Å²) < 4.78 is 0. The fourth-order valence-electron chi connectivity index (χ4n) is 1.68. The number of carbonyl (C=O) groups is 1. The van der Waals surface area contributed by atoms with E-state index in [-0.39, 0.29) is 5.75 Å². The van der Waals surface area contributed by atoms with Crippen molar-refractivity contribution in [3.63, 3.8) is 0 Å². The Hall–Kier alpha value is -1.80. The zero-order chi connectivity index (χ0) is 12.4. The summed E-state index contributed by atoms with van der Waals surface area (Å²) in [6.45, 7) is 1.87. The van der Waals surface area contributed by atoms with E-state index in [0.29, 0.717) is 16.1 Å². The fourth-order valence-corrected chi connectivity index (χ4v) is 1.84. The van der Waals surface area contributed by atoms with Crippen molar-refractivity contribution in [3.8, 4) is 16.9 Å². The largest absolute Gasteiger partial charge is 0.507 e. The molecule has 0 spiro atoms. The Balaban J connectivity index is 2.59. The molecule has 0 bridgehead atoms. The molecule has 3 heteroatoms. The molecule has 0 aliphatic carbocycles. The van der Waals surface area contributed by atoms with Crippen LogP contribution in [0.3, 0.4) is 0 Å². The summed E-state index contributed by atoms with van der Waals surface area (Å²) in [6.07, 6.45) is 0.781. The first-order valence-electron chi connectivity index (χ1n) is 5.16. The van der Waals surface area contributed by atoms with Gasteiger partial charge in [0.1, 0.15) is 12.0 Å². The van der Waals surface area contributed by atoms with Gasteiger partial charge >= 0.3 is 0 Å². The average Bonchev–Trinajstić information content (AvgIpc) is 2.34. The van der Waals surface area contributed by atoms with Crippen molar-refractivity contribution in [2.75, 3.05) is 0 Å². The molecule has 2 nitrogen and oxygen atoms in total. The van der Waals surface area contributed by atoms with Crippen LogP contribution in [-0.4, -0.2) is 11.4 Å². The minimum atomic E-state index is 0.114. The number of phenols is 1. The van der Waals surface area contributed by atoms with Gasteiger partial charge in [-0.1, -0.05) is 29.8 Å². The fraction of sp³-hybridized carbons (Fsp3) is 0.0714. The first kappa shape index (κ1) is 11.7. The van der Waals surface area contributed by atoms with Gasteiger partial charge in [0.2, 0.25) is 0 Å². The van der Waals surface area contributed by atoms with Gasteiger partial charge in [0.05, 0.1) is 0 Å². The molecule has 0 aliphatic heterocycles. The summed E-state index contributed by atoms with van der Waals surface area (Å²) in [5, 5.41) is 10.4. The average molecular weight is 247 g/mol. The third kappa shape index (κ3) is 2.32. The number of hydrogen-bond donors (Lipinski definition) is 1. The molecule has 0 saturated heterocycles. The molecule has 0 heterocycles. The van der Waals surface area contributed by atoms with Crippen molar-refractivity contribution in [2.45, 2.75) is 6.92 Å². The zero-order valence-electron chi connectivity index (χ0n) is 9.27. The van der Waals surface area contributed by atoms with Crippen LogP contribution in [0.1, 0.15) is 15.9 Å². The molecule has 1 N–H and O–H groups in total. The zero-order valence-corrected chi connectivity index (χ0v) is 10.0. The molecule has 0 unspecified atom stereocenters. The van der Waals surface area contributed by atoms with E-state index in [1.54, 1.807) is 18.2 Å². The number of aromatic hydroxyl groups is 1. The van der Waals surface area contributed by atoms with Crippen LogP contribution in [0.4, 0.5) is 0 Å². The topological polar surface area (TPSA) is 37.3 Å². The summed E-state index contributed by atoms with van der Waals surface area (Å²) >= 11 is 5.92. The minimum Gasteiger partial charge on any atom is -0.507 e. The SMILES string of the molecule is Cc1cc(-c2cccc(C=O)c2)c(O)cc1Cl. The van der Waals surface area contributed by atoms with Crippen molar-refractivity contribution in [3.05, 3.63) is 52.5 Å². The van der Waals surface area contributed by atoms with Gasteiger partial charge in [0, 0.05) is 16.1 Å². The molecule has 86 valence electrons. The molecule has 17 heavy (non-hydrogen) atoms. The van der Waals surface area contributed by atoms with Gasteiger partial charge in [-0.2, -0.15) is 0 Å². The van der Waals surface area contributed by atoms with Crippen LogP contribution >= 0.6 is 11.6 Å². The lowest BCUT2D eigenvalue weighted by molar-refractivity contribution is 0.112. The minimum absolute atomic E-state index is 0.114. The van der Waals surface area contributed by atoms with E-state index in [1.807, 2.05) is 19.1 Å². The molecule has 0 saturated carbocycles. The monoisotopic (exact) mass is 246 g/mol. The molecule has 0 amide bonds. The van der Waals surface area contributed by atoms with Gasteiger partial charge in [0.15, 0.2) is 0 Å². The number of carbonyl (C=O) groups excluding carboxylic acids is 1. The molecule has 0 aromatic heterocycles. The van der Waals surface area contributed by atoms with Crippen molar-refractivity contribution in [1.29, 1.82) is 0 Å². The second-order valence-electron chi connectivity index (χ2n) is 3.86. The second-order valence-corrected chi connectivity index (χ2v) is 4.27. The molecular weight excluding hydrogens is 236 g/mol. The van der Waals surface area contributed by atoms with Crippen LogP contribution in [0.5, 0.6) is 5.75 Å². The third-order valence-corrected chi connectivity index (χ3v) is 3.02. The summed E-state index contributed by atoms with van der Waals surface area (Å²) in [5.74, 6) is 0.114. The van der Waals surface area contributed by atoms with E-state index in [1.165, 1.54) is 6.07 Å². The Labute approximate surface area is 104 Å². The van der Waals surface area contributed by atoms with E-state index >= 15 is 0 Å². The molecule has 0 radical (unpaired) electrons. The van der Waals surface area contributed by atoms with Crippen molar-refractivity contribution in [1.82, 2.24) is 0 Å². The predicted octanol–water partition coefficient (Wildman–Crippen LogP) is 3.83. The van der Waals surface area contributed by atoms with Gasteiger partial charge in [-0.25, -0.2) is 0 Å². The maximum atomic E-state index is 10.7. The van der Waals surface area contributed by atoms with Gasteiger partial charge in [-0.15, -0.1) is 0 Å². The highest BCUT2D eigenvalue weighted by Crippen LogP contribution is 2.33. The molecule has 2 aromatic carbocycles. The Morgan fingerprint density at radius 2 is 2.00 bits per heavy atom. The third-order valence-electron chi connectivity index (χ3n) is 2.61. The summed E-state index contributed by atoms with van der Waals surface area (Å²) in [6, 6.07) is 10.4. The molecule has 0 atom stereocenters. The highest BCUT2D eigenvalue weighted by molar-refractivity contribution is 6.31. The lowest BCUT2D eigenvalue weighted by Gasteiger charge is -2.08. The van der Waals surface area contributed by atoms with E-state index in [2.05, 4.69) is 0 Å². The van der Waals surface area contributed by atoms with Crippen LogP contribution in [0.2, 0.25) is 5.02 Å². The van der Waals surface area contributed by atoms with Gasteiger partial charge in [-0.05, 0) is 36.2 Å². The molecule has 2 rings (SSSR count). The Bertz CT molecular complexity index is 576. The number of aryl methyl sites for hydroxylation is 1. The Morgan fingerprint density at radius 1 is 1.24 bits per heavy atom. The first-order valence-corrected chi connectivity index (χ1v) is 5.54. The lowest BCUT2D eigenvalue weighted by Crippen LogP contribution is -1.85. The number of aldehydes is 1. The highest BCUT2D eigenvalue weighted by atomic mass is 35.5. The first-order chi connectivity index (χ1) is 8.11. The van der Waals surface area contributed by atoms with Gasteiger partial charge in [0.25, 0.3) is 0 Å². The van der Waals surface area contributed by atoms with Crippen LogP contribution in [0.25, 0.3) is 11.1 Å². The standard InChI is InChI=1S/C14H11ClO2/c1-9-5-12(14(17)7-13(9)15)11-4-2-3-10(6-11)8-16/h2-8,17H,1H3. The van der Waals surface area contributed by atoms with Crippen LogP contribution in [0, 0.1) is 6.92 Å². The Kier molecular flexibility index (Phi) is 3.16. The maximum absolute atomic E-state index is 10.7. The summed E-state index contributed by atoms with van der Waals surface area (Å²) in [4.78, 5) is 10.7. The predicted molar refractivity (Wildman–Crippen MR) is 68.7 cm³/mol. The number of halogens is 1. The van der Waals surface area contributed by atoms with E-state index < -0.39 is 0 Å². The molecule has 0 aliphatic rings. The maximum Gasteiger partial charge on any atom is 0.150 e. The van der Waals surface area contributed by atoms with Crippen LogP contribution in [-0.2, 0) is 0 Å². The lowest BCUT2D eigenvalue weighted by atomic mass is 10.0. The normalized spacial score (nSPS) is 10.2. The second kappa shape index (κ2) is 4.60. The van der Waals surface area contributed by atoms with E-state index in [9.17, 15) is 9.90 Å². The number of phenolic OH excluding ortho intramolecular Hbond substituents is 1. The van der Waals surface area contributed by atoms with Crippen molar-refractivity contribution >= 4 is 17.9 Å². The van der Waals surface area contributed by atoms with Crippen molar-refractivity contribution < 1.29 is 9.90 Å². The number of benzene rings is 2. The highest BCUT2D eigenvalue weighted by Gasteiger charge is 2.08. The summed E-state index contributed by atoms with van der Waals surface area (Å²) in [7, 11) is 0. The smallest absolute Gasteiger partial charge is 0.150 e. The van der Waals surface area contributed by atoms with Crippen LogP contribution in [0.15, 0.2) is 36.4 Å². The number of rotatable bonds is 2. The number of hydrogen-bond acceptors (Lipinski definition) is 2.